The van der Waals surface area contributed by atoms with Gasteiger partial charge in [-0.2, -0.15) is 0 Å². The molecule has 2 nitrogen and oxygen atoms in total. The van der Waals surface area contributed by atoms with Crippen LogP contribution in [0.25, 0.3) is 0 Å². The molecule has 0 unspecified atom stereocenters. The molecule has 0 saturated heterocycles. The second-order valence-electron chi connectivity index (χ2n) is 6.32. The smallest absolute Gasteiger partial charge is 0.187 e. The monoisotopic (exact) mass is 312 g/mol. The SMILES string of the molecule is CC1Cc2ccccc2C1.CSc1ncc2c(n1)CCCC2. The lowest BCUT2D eigenvalue weighted by Gasteiger charge is -2.13. The third-order valence-electron chi connectivity index (χ3n) is 4.48. The van der Waals surface area contributed by atoms with E-state index < -0.39 is 0 Å². The van der Waals surface area contributed by atoms with Gasteiger partial charge in [0.05, 0.1) is 0 Å². The zero-order valence-corrected chi connectivity index (χ0v) is 14.3. The van der Waals surface area contributed by atoms with Crippen molar-refractivity contribution in [2.45, 2.75) is 50.6 Å². The van der Waals surface area contributed by atoms with Crippen molar-refractivity contribution in [2.24, 2.45) is 5.92 Å². The van der Waals surface area contributed by atoms with Crippen LogP contribution in [0.4, 0.5) is 0 Å². The summed E-state index contributed by atoms with van der Waals surface area (Å²) in [4.78, 5) is 8.75. The minimum Gasteiger partial charge on any atom is -0.231 e. The summed E-state index contributed by atoms with van der Waals surface area (Å²) in [6, 6.07) is 8.77. The predicted molar refractivity (Wildman–Crippen MR) is 93.5 cm³/mol. The van der Waals surface area contributed by atoms with Gasteiger partial charge < -0.3 is 0 Å². The van der Waals surface area contributed by atoms with E-state index in [0.29, 0.717) is 0 Å². The molecule has 22 heavy (non-hydrogen) atoms. The van der Waals surface area contributed by atoms with Gasteiger partial charge in [-0.1, -0.05) is 43.0 Å². The summed E-state index contributed by atoms with van der Waals surface area (Å²) < 4.78 is 0. The maximum absolute atomic E-state index is 4.48. The first-order chi connectivity index (χ1) is 10.8. The summed E-state index contributed by atoms with van der Waals surface area (Å²) >= 11 is 1.62. The maximum atomic E-state index is 4.48. The first kappa shape index (κ1) is 15.5. The Labute approximate surface area is 137 Å². The van der Waals surface area contributed by atoms with Crippen molar-refractivity contribution >= 4 is 11.8 Å². The van der Waals surface area contributed by atoms with Crippen molar-refractivity contribution in [3.63, 3.8) is 0 Å². The molecule has 116 valence electrons. The molecule has 0 amide bonds. The van der Waals surface area contributed by atoms with E-state index in [0.717, 1.165) is 17.5 Å². The van der Waals surface area contributed by atoms with Crippen LogP contribution in [-0.4, -0.2) is 16.2 Å². The molecule has 0 atom stereocenters. The molecule has 1 heterocycles. The van der Waals surface area contributed by atoms with Crippen LogP contribution in [0.1, 0.15) is 42.1 Å². The normalized spacial score (nSPS) is 16.5. The van der Waals surface area contributed by atoms with Gasteiger partial charge in [-0.15, -0.1) is 0 Å². The Balaban J connectivity index is 0.000000133. The number of nitrogens with zero attached hydrogens (tertiary/aromatic N) is 2. The van der Waals surface area contributed by atoms with E-state index in [4.69, 9.17) is 0 Å². The fourth-order valence-electron chi connectivity index (χ4n) is 3.33. The van der Waals surface area contributed by atoms with E-state index in [1.54, 1.807) is 22.9 Å². The molecule has 1 aromatic carbocycles. The lowest BCUT2D eigenvalue weighted by molar-refractivity contribution is 0.628. The molecule has 0 spiro atoms. The van der Waals surface area contributed by atoms with Crippen LogP contribution in [-0.2, 0) is 25.7 Å². The summed E-state index contributed by atoms with van der Waals surface area (Å²) in [5.74, 6) is 0.873. The van der Waals surface area contributed by atoms with Gasteiger partial charge in [-0.3, -0.25) is 0 Å². The van der Waals surface area contributed by atoms with Gasteiger partial charge in [0.1, 0.15) is 0 Å². The van der Waals surface area contributed by atoms with E-state index in [9.17, 15) is 0 Å². The van der Waals surface area contributed by atoms with E-state index in [1.165, 1.54) is 43.4 Å². The van der Waals surface area contributed by atoms with Crippen LogP contribution in [0.15, 0.2) is 35.6 Å². The van der Waals surface area contributed by atoms with Gasteiger partial charge >= 0.3 is 0 Å². The highest BCUT2D eigenvalue weighted by Crippen LogP contribution is 2.25. The molecule has 0 radical (unpaired) electrons. The van der Waals surface area contributed by atoms with Gasteiger partial charge in [0.15, 0.2) is 5.16 Å². The summed E-state index contributed by atoms with van der Waals surface area (Å²) in [5, 5.41) is 0.913. The molecule has 0 fully saturated rings. The van der Waals surface area contributed by atoms with Gasteiger partial charge in [-0.25, -0.2) is 9.97 Å². The molecule has 2 aliphatic carbocycles. The topological polar surface area (TPSA) is 25.8 Å². The highest BCUT2D eigenvalue weighted by atomic mass is 32.2. The van der Waals surface area contributed by atoms with Crippen LogP contribution in [0.2, 0.25) is 0 Å². The Morgan fingerprint density at radius 3 is 2.36 bits per heavy atom. The predicted octanol–water partition coefficient (Wildman–Crippen LogP) is 4.50. The highest BCUT2D eigenvalue weighted by molar-refractivity contribution is 7.98. The van der Waals surface area contributed by atoms with E-state index in [-0.39, 0.29) is 0 Å². The quantitative estimate of drug-likeness (QED) is 0.573. The largest absolute Gasteiger partial charge is 0.231 e. The van der Waals surface area contributed by atoms with Crippen LogP contribution < -0.4 is 0 Å². The third kappa shape index (κ3) is 3.70. The van der Waals surface area contributed by atoms with Crippen LogP contribution in [0.3, 0.4) is 0 Å². The number of benzene rings is 1. The fourth-order valence-corrected chi connectivity index (χ4v) is 3.69. The molecule has 0 saturated carbocycles. The molecule has 0 N–H and O–H groups in total. The molecular formula is C19H24N2S. The number of thioether (sulfide) groups is 1. The third-order valence-corrected chi connectivity index (χ3v) is 5.04. The van der Waals surface area contributed by atoms with E-state index in [2.05, 4.69) is 41.2 Å². The van der Waals surface area contributed by atoms with Crippen molar-refractivity contribution in [1.82, 2.24) is 9.97 Å². The number of fused-ring (bicyclic) bond motifs is 2. The van der Waals surface area contributed by atoms with E-state index >= 15 is 0 Å². The minimum absolute atomic E-state index is 0.873. The number of rotatable bonds is 1. The lowest BCUT2D eigenvalue weighted by Crippen LogP contribution is -2.06. The molecule has 3 heteroatoms. The molecule has 0 aliphatic heterocycles. The number of hydrogen-bond acceptors (Lipinski definition) is 3. The summed E-state index contributed by atoms with van der Waals surface area (Å²) in [6.07, 6.45) is 11.5. The molecule has 0 bridgehead atoms. The Bertz CT molecular complexity index is 614. The second kappa shape index (κ2) is 7.28. The van der Waals surface area contributed by atoms with Crippen LogP contribution in [0.5, 0.6) is 0 Å². The molecular weight excluding hydrogens is 288 g/mol. The van der Waals surface area contributed by atoms with Gasteiger partial charge in [-0.05, 0) is 67.4 Å². The van der Waals surface area contributed by atoms with Gasteiger partial charge in [0, 0.05) is 11.9 Å². The fraction of sp³-hybridized carbons (Fsp3) is 0.474. The number of hydrogen-bond donors (Lipinski definition) is 0. The highest BCUT2D eigenvalue weighted by Gasteiger charge is 2.15. The summed E-state index contributed by atoms with van der Waals surface area (Å²) in [5.41, 5.74) is 5.77. The standard InChI is InChI=1S/C10H12.C9H12N2S/c1-8-6-9-4-2-3-5-10(9)7-8;1-12-9-10-6-7-4-2-3-5-8(7)11-9/h2-5,8H,6-7H2,1H3;6H,2-5H2,1H3. The average molecular weight is 312 g/mol. The van der Waals surface area contributed by atoms with Crippen molar-refractivity contribution in [1.29, 1.82) is 0 Å². The lowest BCUT2D eigenvalue weighted by atomic mass is 9.98. The number of aromatic nitrogens is 2. The first-order valence-electron chi connectivity index (χ1n) is 8.22. The summed E-state index contributed by atoms with van der Waals surface area (Å²) in [7, 11) is 0. The van der Waals surface area contributed by atoms with Crippen molar-refractivity contribution in [3.05, 3.63) is 52.8 Å². The minimum atomic E-state index is 0.873. The average Bonchev–Trinajstić information content (AvgIpc) is 2.95. The first-order valence-corrected chi connectivity index (χ1v) is 9.44. The Morgan fingerprint density at radius 2 is 1.68 bits per heavy atom. The molecule has 1 aromatic heterocycles. The Morgan fingerprint density at radius 1 is 1.00 bits per heavy atom. The zero-order chi connectivity index (χ0) is 15.4. The van der Waals surface area contributed by atoms with Crippen LogP contribution >= 0.6 is 11.8 Å². The van der Waals surface area contributed by atoms with Crippen molar-refractivity contribution in [2.75, 3.05) is 6.26 Å². The molecule has 2 aliphatic rings. The zero-order valence-electron chi connectivity index (χ0n) is 13.5. The molecule has 2 aromatic rings. The van der Waals surface area contributed by atoms with Crippen molar-refractivity contribution in [3.8, 4) is 0 Å². The Hall–Kier alpha value is -1.35. The van der Waals surface area contributed by atoms with Crippen molar-refractivity contribution < 1.29 is 0 Å². The van der Waals surface area contributed by atoms with E-state index in [1.807, 2.05) is 12.5 Å². The van der Waals surface area contributed by atoms with Gasteiger partial charge in [0.25, 0.3) is 0 Å². The summed E-state index contributed by atoms with van der Waals surface area (Å²) in [6.45, 7) is 2.32. The maximum Gasteiger partial charge on any atom is 0.187 e. The van der Waals surface area contributed by atoms with Gasteiger partial charge in [0.2, 0.25) is 0 Å². The van der Waals surface area contributed by atoms with Crippen LogP contribution in [0, 0.1) is 5.92 Å². The Kier molecular flexibility index (Phi) is 5.14. The number of aryl methyl sites for hydroxylation is 2. The second-order valence-corrected chi connectivity index (χ2v) is 7.09. The molecule has 4 rings (SSSR count).